The molecule has 2 aromatic carbocycles. The van der Waals surface area contributed by atoms with Crippen molar-refractivity contribution in [1.82, 2.24) is 0 Å². The maximum atomic E-state index is 12.4. The normalized spacial score (nSPS) is 11.7. The Balaban J connectivity index is 2.11. The van der Waals surface area contributed by atoms with Crippen molar-refractivity contribution in [3.8, 4) is 0 Å². The minimum absolute atomic E-state index is 0.266. The monoisotopic (exact) mass is 340 g/mol. The molecule has 2 aromatic rings. The first-order chi connectivity index (χ1) is 11.7. The number of hydrogen-bond donors (Lipinski definition) is 2. The van der Waals surface area contributed by atoms with Gasteiger partial charge in [-0.25, -0.2) is 4.79 Å². The fraction of sp³-hybridized carbons (Fsp3) is 0.300. The van der Waals surface area contributed by atoms with Gasteiger partial charge in [-0.2, -0.15) is 0 Å². The molecule has 0 bridgehead atoms. The summed E-state index contributed by atoms with van der Waals surface area (Å²) in [5.74, 6) is -0.990. The zero-order chi connectivity index (χ0) is 18.7. The molecule has 1 amide bonds. The molecule has 1 atom stereocenters. The zero-order valence-electron chi connectivity index (χ0n) is 15.3. The number of nitrogens with one attached hydrogen (secondary N) is 1. The van der Waals surface area contributed by atoms with Crippen LogP contribution in [0.4, 0.5) is 11.4 Å². The van der Waals surface area contributed by atoms with Crippen molar-refractivity contribution in [2.75, 3.05) is 11.1 Å². The van der Waals surface area contributed by atoms with Crippen LogP contribution in [0.25, 0.3) is 0 Å². The summed E-state index contributed by atoms with van der Waals surface area (Å²) >= 11 is 0. The third kappa shape index (κ3) is 4.18. The van der Waals surface area contributed by atoms with Gasteiger partial charge < -0.3 is 15.8 Å². The van der Waals surface area contributed by atoms with Crippen LogP contribution in [0.1, 0.15) is 39.5 Å². The largest absolute Gasteiger partial charge is 0.449 e. The van der Waals surface area contributed by atoms with E-state index in [9.17, 15) is 9.59 Å². The lowest BCUT2D eigenvalue weighted by molar-refractivity contribution is -0.123. The van der Waals surface area contributed by atoms with E-state index in [4.69, 9.17) is 10.5 Å². The van der Waals surface area contributed by atoms with Crippen molar-refractivity contribution >= 4 is 23.3 Å². The molecule has 0 radical (unpaired) electrons. The van der Waals surface area contributed by atoms with Gasteiger partial charge in [0.1, 0.15) is 0 Å². The molecule has 0 fully saturated rings. The lowest BCUT2D eigenvalue weighted by Gasteiger charge is -2.17. The summed E-state index contributed by atoms with van der Waals surface area (Å²) in [6.07, 6.45) is -0.937. The Morgan fingerprint density at radius 1 is 1.04 bits per heavy atom. The number of benzene rings is 2. The van der Waals surface area contributed by atoms with Crippen LogP contribution in [0.15, 0.2) is 30.3 Å². The van der Waals surface area contributed by atoms with E-state index >= 15 is 0 Å². The summed E-state index contributed by atoms with van der Waals surface area (Å²) < 4.78 is 5.28. The Labute approximate surface area is 148 Å². The number of carbonyl (C=O) groups is 2. The Morgan fingerprint density at radius 3 is 2.24 bits per heavy atom. The van der Waals surface area contributed by atoms with E-state index in [1.54, 1.807) is 12.1 Å². The Hall–Kier alpha value is -2.82. The van der Waals surface area contributed by atoms with Crippen molar-refractivity contribution in [1.29, 1.82) is 0 Å². The number of nitrogens with two attached hydrogens (primary N) is 1. The van der Waals surface area contributed by atoms with E-state index in [0.717, 1.165) is 27.9 Å². The summed E-state index contributed by atoms with van der Waals surface area (Å²) in [6.45, 7) is 9.21. The van der Waals surface area contributed by atoms with Gasteiger partial charge in [0.15, 0.2) is 6.10 Å². The fourth-order valence-electron chi connectivity index (χ4n) is 2.74. The molecule has 0 aliphatic carbocycles. The highest BCUT2D eigenvalue weighted by Gasteiger charge is 2.21. The van der Waals surface area contributed by atoms with Crippen molar-refractivity contribution < 1.29 is 14.3 Å². The van der Waals surface area contributed by atoms with Crippen LogP contribution in [0.3, 0.4) is 0 Å². The summed E-state index contributed by atoms with van der Waals surface area (Å²) in [6, 6.07) is 9.11. The maximum absolute atomic E-state index is 12.4. The molecule has 5 heteroatoms. The molecule has 3 N–H and O–H groups in total. The SMILES string of the molecule is Cc1cc(C)c(NC(=O)[C@H](C)OC(=O)c2cccc(C)c2N)c(C)c1. The molecule has 0 saturated heterocycles. The van der Waals surface area contributed by atoms with Gasteiger partial charge in [0.05, 0.1) is 5.56 Å². The number of carbonyl (C=O) groups excluding carboxylic acids is 2. The second-order valence-corrected chi connectivity index (χ2v) is 6.35. The van der Waals surface area contributed by atoms with Crippen LogP contribution < -0.4 is 11.1 Å². The third-order valence-corrected chi connectivity index (χ3v) is 4.12. The smallest absolute Gasteiger partial charge is 0.341 e. The minimum atomic E-state index is -0.937. The van der Waals surface area contributed by atoms with Crippen LogP contribution in [0, 0.1) is 27.7 Å². The van der Waals surface area contributed by atoms with E-state index in [1.165, 1.54) is 6.92 Å². The molecule has 132 valence electrons. The number of anilines is 2. The van der Waals surface area contributed by atoms with Crippen LogP contribution in [-0.2, 0) is 9.53 Å². The van der Waals surface area contributed by atoms with Gasteiger partial charge in [0, 0.05) is 11.4 Å². The number of esters is 1. The van der Waals surface area contributed by atoms with Crippen LogP contribution in [0.5, 0.6) is 0 Å². The van der Waals surface area contributed by atoms with E-state index in [0.29, 0.717) is 5.69 Å². The molecule has 25 heavy (non-hydrogen) atoms. The molecule has 0 aliphatic rings. The first-order valence-electron chi connectivity index (χ1n) is 8.15. The first-order valence-corrected chi connectivity index (χ1v) is 8.15. The number of amides is 1. The van der Waals surface area contributed by atoms with E-state index in [-0.39, 0.29) is 11.5 Å². The molecular weight excluding hydrogens is 316 g/mol. The Morgan fingerprint density at radius 2 is 1.64 bits per heavy atom. The summed E-state index contributed by atoms with van der Waals surface area (Å²) in [7, 11) is 0. The molecule has 5 nitrogen and oxygen atoms in total. The van der Waals surface area contributed by atoms with Crippen LogP contribution in [-0.4, -0.2) is 18.0 Å². The number of nitrogen functional groups attached to an aromatic ring is 1. The molecule has 0 spiro atoms. The highest BCUT2D eigenvalue weighted by Crippen LogP contribution is 2.23. The molecule has 0 saturated carbocycles. The summed E-state index contributed by atoms with van der Waals surface area (Å²) in [4.78, 5) is 24.7. The van der Waals surface area contributed by atoms with Crippen molar-refractivity contribution in [3.05, 3.63) is 58.1 Å². The van der Waals surface area contributed by atoms with E-state index < -0.39 is 12.1 Å². The predicted octanol–water partition coefficient (Wildman–Crippen LogP) is 3.69. The Kier molecular flexibility index (Phi) is 5.47. The third-order valence-electron chi connectivity index (χ3n) is 4.12. The topological polar surface area (TPSA) is 81.4 Å². The quantitative estimate of drug-likeness (QED) is 0.657. The maximum Gasteiger partial charge on any atom is 0.341 e. The van der Waals surface area contributed by atoms with Gasteiger partial charge in [0.25, 0.3) is 5.91 Å². The van der Waals surface area contributed by atoms with Gasteiger partial charge in [-0.15, -0.1) is 0 Å². The van der Waals surface area contributed by atoms with Gasteiger partial charge >= 0.3 is 5.97 Å². The minimum Gasteiger partial charge on any atom is -0.449 e. The lowest BCUT2D eigenvalue weighted by Crippen LogP contribution is -2.30. The average molecular weight is 340 g/mol. The molecule has 0 unspecified atom stereocenters. The average Bonchev–Trinajstić information content (AvgIpc) is 2.52. The summed E-state index contributed by atoms with van der Waals surface area (Å²) in [5, 5.41) is 2.84. The van der Waals surface area contributed by atoms with Gasteiger partial charge in [-0.1, -0.05) is 29.8 Å². The Bertz CT molecular complexity index is 805. The molecule has 0 heterocycles. The van der Waals surface area contributed by atoms with Crippen LogP contribution in [0.2, 0.25) is 0 Å². The van der Waals surface area contributed by atoms with Gasteiger partial charge in [0.2, 0.25) is 0 Å². The standard InChI is InChI=1S/C20H24N2O3/c1-11-9-13(3)18(14(4)10-11)22-19(23)15(5)25-20(24)16-8-6-7-12(2)17(16)21/h6-10,15H,21H2,1-5H3,(H,22,23)/t15-/m0/s1. The highest BCUT2D eigenvalue weighted by molar-refractivity contribution is 6.00. The number of para-hydroxylation sites is 1. The van der Waals surface area contributed by atoms with Crippen LogP contribution >= 0.6 is 0 Å². The second kappa shape index (κ2) is 7.38. The highest BCUT2D eigenvalue weighted by atomic mass is 16.5. The zero-order valence-corrected chi connectivity index (χ0v) is 15.3. The predicted molar refractivity (Wildman–Crippen MR) is 99.8 cm³/mol. The van der Waals surface area contributed by atoms with Crippen molar-refractivity contribution in [2.24, 2.45) is 0 Å². The van der Waals surface area contributed by atoms with Crippen molar-refractivity contribution in [3.63, 3.8) is 0 Å². The number of aryl methyl sites for hydroxylation is 4. The second-order valence-electron chi connectivity index (χ2n) is 6.35. The number of ether oxygens (including phenoxy) is 1. The molecule has 0 aliphatic heterocycles. The van der Waals surface area contributed by atoms with E-state index in [1.807, 2.05) is 45.9 Å². The molecule has 2 rings (SSSR count). The molecule has 0 aromatic heterocycles. The van der Waals surface area contributed by atoms with Gasteiger partial charge in [-0.05, 0) is 57.4 Å². The first kappa shape index (κ1) is 18.5. The van der Waals surface area contributed by atoms with Gasteiger partial charge in [-0.3, -0.25) is 4.79 Å². The number of rotatable bonds is 4. The van der Waals surface area contributed by atoms with E-state index in [2.05, 4.69) is 5.32 Å². The summed E-state index contributed by atoms with van der Waals surface area (Å²) in [5.41, 5.74) is 11.1. The molecular formula is C20H24N2O3. The lowest BCUT2D eigenvalue weighted by atomic mass is 10.0. The fourth-order valence-corrected chi connectivity index (χ4v) is 2.74. The van der Waals surface area contributed by atoms with Crippen molar-refractivity contribution in [2.45, 2.75) is 40.7 Å². The number of hydrogen-bond acceptors (Lipinski definition) is 4.